The number of carbonyl (C=O) groups is 1. The van der Waals surface area contributed by atoms with Crippen LogP contribution in [-0.4, -0.2) is 75.2 Å². The van der Waals surface area contributed by atoms with Crippen LogP contribution in [0.1, 0.15) is 30.8 Å². The Kier molecular flexibility index (Phi) is 6.48. The number of anilines is 1. The Morgan fingerprint density at radius 2 is 2.16 bits per heavy atom. The van der Waals surface area contributed by atoms with Gasteiger partial charge in [-0.2, -0.15) is 15.5 Å². The minimum Gasteiger partial charge on any atom is -0.379 e. The molecule has 1 atom stereocenters. The van der Waals surface area contributed by atoms with Gasteiger partial charge in [0.2, 0.25) is 5.91 Å². The summed E-state index contributed by atoms with van der Waals surface area (Å²) >= 11 is 1.45. The third-order valence-corrected chi connectivity index (χ3v) is 6.35. The van der Waals surface area contributed by atoms with Crippen molar-refractivity contribution in [2.75, 3.05) is 44.3 Å². The molecule has 0 bridgehead atoms. The van der Waals surface area contributed by atoms with Crippen LogP contribution < -0.4 is 10.5 Å². The SMILES string of the molecule is Cc1nn(C(C)COCCC(=O)N2CCN(c3nc(C#N)cs3)CC2)c2cn[nH]c(=O)c12. The Hall–Kier alpha value is -3.30. The van der Waals surface area contributed by atoms with Gasteiger partial charge in [-0.1, -0.05) is 0 Å². The molecule has 0 aliphatic carbocycles. The summed E-state index contributed by atoms with van der Waals surface area (Å²) in [4.78, 5) is 32.7. The van der Waals surface area contributed by atoms with E-state index in [9.17, 15) is 9.59 Å². The topological polar surface area (TPSA) is 133 Å². The average molecular weight is 457 g/mol. The van der Waals surface area contributed by atoms with Gasteiger partial charge in [0.05, 0.1) is 48.5 Å². The van der Waals surface area contributed by atoms with E-state index < -0.39 is 0 Å². The summed E-state index contributed by atoms with van der Waals surface area (Å²) in [6.45, 7) is 7.06. The minimum atomic E-state index is -0.259. The molecule has 32 heavy (non-hydrogen) atoms. The number of aryl methyl sites for hydroxylation is 1. The standard InChI is InChI=1S/C20H24N8O3S/c1-13(28-16-10-22-24-19(30)18(16)14(2)25-28)11-31-8-3-17(29)26-4-6-27(7-5-26)20-23-15(9-21)12-32-20/h10,12-13H,3-8,11H2,1-2H3,(H,24,30). The predicted octanol–water partition coefficient (Wildman–Crippen LogP) is 1.07. The summed E-state index contributed by atoms with van der Waals surface area (Å²) in [7, 11) is 0. The molecule has 0 radical (unpaired) electrons. The van der Waals surface area contributed by atoms with Crippen LogP contribution in [0, 0.1) is 18.3 Å². The number of aromatic nitrogens is 5. The molecule has 3 aromatic rings. The Bertz CT molecular complexity index is 1200. The molecule has 11 nitrogen and oxygen atoms in total. The molecule has 0 spiro atoms. The second kappa shape index (κ2) is 9.46. The summed E-state index contributed by atoms with van der Waals surface area (Å²) < 4.78 is 7.48. The second-order valence-electron chi connectivity index (χ2n) is 7.66. The molecule has 3 aromatic heterocycles. The molecule has 1 aliphatic heterocycles. The van der Waals surface area contributed by atoms with Gasteiger partial charge in [-0.3, -0.25) is 14.3 Å². The van der Waals surface area contributed by atoms with Gasteiger partial charge in [0.15, 0.2) is 10.8 Å². The first kappa shape index (κ1) is 21.9. The number of rotatable bonds is 7. The molecule has 1 saturated heterocycles. The number of nitrogens with zero attached hydrogens (tertiary/aromatic N) is 7. The number of thiazole rings is 1. The maximum atomic E-state index is 12.5. The number of hydrogen-bond acceptors (Lipinski definition) is 9. The maximum absolute atomic E-state index is 12.5. The molecule has 4 rings (SSSR count). The molecule has 1 amide bonds. The molecule has 0 aromatic carbocycles. The highest BCUT2D eigenvalue weighted by Crippen LogP contribution is 2.22. The fraction of sp³-hybridized carbons (Fsp3) is 0.500. The number of H-pyrrole nitrogens is 1. The molecule has 4 heterocycles. The summed E-state index contributed by atoms with van der Waals surface area (Å²) in [6.07, 6.45) is 1.89. The van der Waals surface area contributed by atoms with Crippen LogP contribution in [0.2, 0.25) is 0 Å². The average Bonchev–Trinajstić information content (AvgIpc) is 3.42. The fourth-order valence-corrected chi connectivity index (χ4v) is 4.57. The van der Waals surface area contributed by atoms with Crippen LogP contribution >= 0.6 is 11.3 Å². The van der Waals surface area contributed by atoms with Crippen LogP contribution in [0.3, 0.4) is 0 Å². The van der Waals surface area contributed by atoms with E-state index in [2.05, 4.69) is 25.2 Å². The second-order valence-corrected chi connectivity index (χ2v) is 8.49. The lowest BCUT2D eigenvalue weighted by Crippen LogP contribution is -2.49. The zero-order valence-corrected chi connectivity index (χ0v) is 18.8. The quantitative estimate of drug-likeness (QED) is 0.522. The van der Waals surface area contributed by atoms with Crippen LogP contribution in [0.4, 0.5) is 5.13 Å². The van der Waals surface area contributed by atoms with Crippen molar-refractivity contribution in [3.05, 3.63) is 33.3 Å². The molecule has 168 valence electrons. The fourth-order valence-electron chi connectivity index (χ4n) is 3.76. The number of nitriles is 1. The van der Waals surface area contributed by atoms with Crippen molar-refractivity contribution in [2.24, 2.45) is 0 Å². The number of hydrogen-bond donors (Lipinski definition) is 1. The smallest absolute Gasteiger partial charge is 0.275 e. The number of amides is 1. The van der Waals surface area contributed by atoms with Gasteiger partial charge in [-0.05, 0) is 13.8 Å². The normalized spacial score (nSPS) is 15.2. The van der Waals surface area contributed by atoms with E-state index in [1.807, 2.05) is 17.9 Å². The zero-order chi connectivity index (χ0) is 22.7. The highest BCUT2D eigenvalue weighted by Gasteiger charge is 2.23. The Labute approximate surface area is 188 Å². The number of carbonyl (C=O) groups excluding carboxylic acids is 1. The number of nitrogens with one attached hydrogen (secondary N) is 1. The van der Waals surface area contributed by atoms with E-state index in [-0.39, 0.29) is 17.5 Å². The van der Waals surface area contributed by atoms with Crippen molar-refractivity contribution in [2.45, 2.75) is 26.3 Å². The first-order valence-electron chi connectivity index (χ1n) is 10.4. The van der Waals surface area contributed by atoms with Gasteiger partial charge in [0.25, 0.3) is 5.56 Å². The molecule has 1 aliphatic rings. The van der Waals surface area contributed by atoms with E-state index in [1.165, 1.54) is 11.3 Å². The van der Waals surface area contributed by atoms with Gasteiger partial charge < -0.3 is 14.5 Å². The molecular formula is C20H24N8O3S. The van der Waals surface area contributed by atoms with E-state index in [0.717, 1.165) is 5.13 Å². The minimum absolute atomic E-state index is 0.0604. The van der Waals surface area contributed by atoms with Crippen LogP contribution in [0.5, 0.6) is 0 Å². The van der Waals surface area contributed by atoms with Crippen molar-refractivity contribution in [1.29, 1.82) is 5.26 Å². The van der Waals surface area contributed by atoms with E-state index in [4.69, 9.17) is 10.00 Å². The van der Waals surface area contributed by atoms with E-state index >= 15 is 0 Å². The molecule has 1 fully saturated rings. The van der Waals surface area contributed by atoms with E-state index in [1.54, 1.807) is 23.2 Å². The number of ether oxygens (including phenoxy) is 1. The van der Waals surface area contributed by atoms with Crippen molar-refractivity contribution >= 4 is 33.3 Å². The molecule has 0 saturated carbocycles. The summed E-state index contributed by atoms with van der Waals surface area (Å²) in [6, 6.07) is 1.94. The van der Waals surface area contributed by atoms with Crippen molar-refractivity contribution in [3.63, 3.8) is 0 Å². The maximum Gasteiger partial charge on any atom is 0.275 e. The van der Waals surface area contributed by atoms with Crippen molar-refractivity contribution < 1.29 is 9.53 Å². The Morgan fingerprint density at radius 1 is 1.38 bits per heavy atom. The zero-order valence-electron chi connectivity index (χ0n) is 17.9. The van der Waals surface area contributed by atoms with Crippen molar-refractivity contribution in [1.82, 2.24) is 29.9 Å². The molecule has 1 unspecified atom stereocenters. The largest absolute Gasteiger partial charge is 0.379 e. The van der Waals surface area contributed by atoms with Gasteiger partial charge in [0, 0.05) is 31.6 Å². The lowest BCUT2D eigenvalue weighted by Gasteiger charge is -2.34. The highest BCUT2D eigenvalue weighted by molar-refractivity contribution is 7.13. The Balaban J connectivity index is 1.22. The van der Waals surface area contributed by atoms with E-state index in [0.29, 0.717) is 68.1 Å². The van der Waals surface area contributed by atoms with Gasteiger partial charge in [0.1, 0.15) is 6.07 Å². The Morgan fingerprint density at radius 3 is 2.88 bits per heavy atom. The molecular weight excluding hydrogens is 432 g/mol. The predicted molar refractivity (Wildman–Crippen MR) is 119 cm³/mol. The monoisotopic (exact) mass is 456 g/mol. The van der Waals surface area contributed by atoms with Crippen molar-refractivity contribution in [3.8, 4) is 6.07 Å². The number of fused-ring (bicyclic) bond motifs is 1. The lowest BCUT2D eigenvalue weighted by atomic mass is 10.3. The summed E-state index contributed by atoms with van der Waals surface area (Å²) in [5, 5.41) is 22.8. The first-order chi connectivity index (χ1) is 15.5. The first-order valence-corrected chi connectivity index (χ1v) is 11.2. The molecule has 1 N–H and O–H groups in total. The highest BCUT2D eigenvalue weighted by atomic mass is 32.1. The number of aromatic amines is 1. The third-order valence-electron chi connectivity index (χ3n) is 5.45. The third kappa shape index (κ3) is 4.49. The lowest BCUT2D eigenvalue weighted by molar-refractivity contribution is -0.132. The van der Waals surface area contributed by atoms with Crippen LogP contribution in [0.25, 0.3) is 10.9 Å². The van der Waals surface area contributed by atoms with Gasteiger partial charge in [-0.15, -0.1) is 11.3 Å². The van der Waals surface area contributed by atoms with Gasteiger partial charge in [-0.25, -0.2) is 10.1 Å². The van der Waals surface area contributed by atoms with Crippen LogP contribution in [0.15, 0.2) is 16.4 Å². The summed E-state index contributed by atoms with van der Waals surface area (Å²) in [5.74, 6) is 0.0604. The van der Waals surface area contributed by atoms with Gasteiger partial charge >= 0.3 is 0 Å². The molecule has 12 heteroatoms. The summed E-state index contributed by atoms with van der Waals surface area (Å²) in [5.41, 5.74) is 1.48. The number of piperazine rings is 1. The van der Waals surface area contributed by atoms with Crippen LogP contribution in [-0.2, 0) is 9.53 Å².